The topological polar surface area (TPSA) is 38.7 Å². The van der Waals surface area contributed by atoms with Gasteiger partial charge in [-0.2, -0.15) is 0 Å². The van der Waals surface area contributed by atoms with Crippen LogP contribution < -0.4 is 0 Å². The first-order valence-electron chi connectivity index (χ1n) is 9.81. The zero-order valence-electron chi connectivity index (χ0n) is 16.8. The minimum atomic E-state index is 0.427. The summed E-state index contributed by atoms with van der Waals surface area (Å²) >= 11 is 0. The van der Waals surface area contributed by atoms with Gasteiger partial charge in [-0.1, -0.05) is 33.8 Å². The Morgan fingerprint density at radius 3 is 2.15 bits per heavy atom. The Kier molecular flexibility index (Phi) is 6.33. The lowest BCUT2D eigenvalue weighted by molar-refractivity contribution is 0.728. The Morgan fingerprint density at radius 2 is 1.41 bits per heavy atom. The fraction of sp³-hybridized carbons (Fsp3) is 0.375. The second-order valence-corrected chi connectivity index (χ2v) is 7.86. The van der Waals surface area contributed by atoms with Crippen LogP contribution in [-0.2, 0) is 12.8 Å². The van der Waals surface area contributed by atoms with Crippen molar-refractivity contribution in [2.45, 2.75) is 58.3 Å². The summed E-state index contributed by atoms with van der Waals surface area (Å²) in [6, 6.07) is 10.9. The highest BCUT2D eigenvalue weighted by atomic mass is 14.7. The molecule has 27 heavy (non-hydrogen) atoms. The summed E-state index contributed by atoms with van der Waals surface area (Å²) in [7, 11) is 0. The molecule has 3 heterocycles. The maximum absolute atomic E-state index is 4.52. The van der Waals surface area contributed by atoms with Crippen molar-refractivity contribution in [3.05, 3.63) is 89.3 Å². The summed E-state index contributed by atoms with van der Waals surface area (Å²) in [5.41, 5.74) is 6.43. The lowest BCUT2D eigenvalue weighted by Gasteiger charge is -2.16. The zero-order chi connectivity index (χ0) is 19.2. The van der Waals surface area contributed by atoms with Crippen LogP contribution in [0.2, 0.25) is 0 Å². The van der Waals surface area contributed by atoms with Gasteiger partial charge in [0.05, 0.1) is 0 Å². The largest absolute Gasteiger partial charge is 0.265 e. The van der Waals surface area contributed by atoms with Crippen molar-refractivity contribution < 1.29 is 0 Å². The molecule has 0 saturated heterocycles. The highest BCUT2D eigenvalue weighted by Crippen LogP contribution is 2.24. The van der Waals surface area contributed by atoms with Crippen molar-refractivity contribution in [1.29, 1.82) is 0 Å². The van der Waals surface area contributed by atoms with Gasteiger partial charge in [-0.05, 0) is 77.1 Å². The van der Waals surface area contributed by atoms with E-state index >= 15 is 0 Å². The molecule has 0 radical (unpaired) electrons. The quantitative estimate of drug-likeness (QED) is 0.544. The molecular formula is C24H29N3. The van der Waals surface area contributed by atoms with Gasteiger partial charge in [-0.15, -0.1) is 0 Å². The molecule has 3 nitrogen and oxygen atoms in total. The van der Waals surface area contributed by atoms with Gasteiger partial charge >= 0.3 is 0 Å². The lowest BCUT2D eigenvalue weighted by atomic mass is 9.91. The molecule has 3 heteroatoms. The number of nitrogens with zero attached hydrogens (tertiary/aromatic N) is 3. The second-order valence-electron chi connectivity index (χ2n) is 7.86. The first kappa shape index (κ1) is 19.2. The molecule has 0 N–H and O–H groups in total. The minimum Gasteiger partial charge on any atom is -0.265 e. The monoisotopic (exact) mass is 359 g/mol. The normalized spacial score (nSPS) is 13.5. The number of aromatic nitrogens is 3. The Bertz CT molecular complexity index is 858. The first-order valence-corrected chi connectivity index (χ1v) is 9.81. The molecule has 0 spiro atoms. The van der Waals surface area contributed by atoms with Crippen molar-refractivity contribution in [3.8, 4) is 0 Å². The maximum atomic E-state index is 4.52. The van der Waals surface area contributed by atoms with Gasteiger partial charge in [0.25, 0.3) is 0 Å². The molecule has 2 atom stereocenters. The Morgan fingerprint density at radius 1 is 0.704 bits per heavy atom. The van der Waals surface area contributed by atoms with Crippen LogP contribution in [0.1, 0.15) is 73.4 Å². The summed E-state index contributed by atoms with van der Waals surface area (Å²) < 4.78 is 0. The summed E-state index contributed by atoms with van der Waals surface area (Å²) in [6.07, 6.45) is 11.7. The predicted octanol–water partition coefficient (Wildman–Crippen LogP) is 5.69. The van der Waals surface area contributed by atoms with Gasteiger partial charge in [0.15, 0.2) is 0 Å². The van der Waals surface area contributed by atoms with E-state index < -0.39 is 0 Å². The van der Waals surface area contributed by atoms with Crippen LogP contribution in [0.4, 0.5) is 0 Å². The zero-order valence-corrected chi connectivity index (χ0v) is 16.8. The summed E-state index contributed by atoms with van der Waals surface area (Å²) in [4.78, 5) is 13.1. The van der Waals surface area contributed by atoms with Gasteiger partial charge in [-0.3, -0.25) is 15.0 Å². The molecular weight excluding hydrogens is 330 g/mol. The molecule has 0 fully saturated rings. The highest BCUT2D eigenvalue weighted by molar-refractivity contribution is 5.27. The van der Waals surface area contributed by atoms with Crippen molar-refractivity contribution >= 4 is 0 Å². The van der Waals surface area contributed by atoms with Crippen molar-refractivity contribution in [2.75, 3.05) is 0 Å². The van der Waals surface area contributed by atoms with Crippen molar-refractivity contribution in [1.82, 2.24) is 15.0 Å². The average molecular weight is 360 g/mol. The summed E-state index contributed by atoms with van der Waals surface area (Å²) in [6.45, 7) is 8.91. The third kappa shape index (κ3) is 5.22. The average Bonchev–Trinajstić information content (AvgIpc) is 2.69. The third-order valence-corrected chi connectivity index (χ3v) is 5.18. The van der Waals surface area contributed by atoms with Gasteiger partial charge in [0.2, 0.25) is 0 Å². The number of hydrogen-bond donors (Lipinski definition) is 0. The van der Waals surface area contributed by atoms with Crippen LogP contribution in [0.25, 0.3) is 0 Å². The van der Waals surface area contributed by atoms with E-state index in [2.05, 4.69) is 73.0 Å². The number of hydrogen-bond acceptors (Lipinski definition) is 3. The molecule has 3 aromatic rings. The van der Waals surface area contributed by atoms with Crippen LogP contribution in [0.3, 0.4) is 0 Å². The highest BCUT2D eigenvalue weighted by Gasteiger charge is 2.12. The Hall–Kier alpha value is -2.55. The van der Waals surface area contributed by atoms with E-state index in [-0.39, 0.29) is 0 Å². The first-order chi connectivity index (χ1) is 13.0. The van der Waals surface area contributed by atoms with E-state index in [4.69, 9.17) is 0 Å². The predicted molar refractivity (Wildman–Crippen MR) is 111 cm³/mol. The van der Waals surface area contributed by atoms with Crippen molar-refractivity contribution in [3.63, 3.8) is 0 Å². The Labute approximate surface area is 162 Å². The summed E-state index contributed by atoms with van der Waals surface area (Å²) in [5.74, 6) is 1.34. The molecule has 140 valence electrons. The molecule has 0 amide bonds. The Balaban J connectivity index is 1.70. The molecule has 0 aliphatic carbocycles. The van der Waals surface area contributed by atoms with Gasteiger partial charge < -0.3 is 0 Å². The molecule has 0 saturated carbocycles. The molecule has 0 bridgehead atoms. The number of pyridine rings is 3. The fourth-order valence-electron chi connectivity index (χ4n) is 3.46. The maximum Gasteiger partial charge on any atom is 0.0431 e. The van der Waals surface area contributed by atoms with E-state index in [1.165, 1.54) is 22.3 Å². The van der Waals surface area contributed by atoms with Crippen LogP contribution in [-0.4, -0.2) is 15.0 Å². The smallest absolute Gasteiger partial charge is 0.0431 e. The standard InChI is InChI=1S/C24H29N3/c1-17(2)24-14-20(5-10-27-24)11-19(4)23-13-21(15-26-16-23)12-18(3)22-6-8-25-9-7-22/h5-10,13-19H,11-12H2,1-4H3. The van der Waals surface area contributed by atoms with Gasteiger partial charge in [0.1, 0.15) is 0 Å². The SMILES string of the molecule is CC(C)c1cc(CC(C)c2cncc(CC(C)c3ccncc3)c2)ccn1. The number of rotatable bonds is 7. The third-order valence-electron chi connectivity index (χ3n) is 5.18. The summed E-state index contributed by atoms with van der Waals surface area (Å²) in [5, 5.41) is 0. The van der Waals surface area contributed by atoms with Crippen LogP contribution in [0.15, 0.2) is 61.3 Å². The molecule has 3 aromatic heterocycles. The van der Waals surface area contributed by atoms with Crippen LogP contribution >= 0.6 is 0 Å². The van der Waals surface area contributed by atoms with E-state index in [9.17, 15) is 0 Å². The molecule has 2 unspecified atom stereocenters. The van der Waals surface area contributed by atoms with Crippen LogP contribution in [0.5, 0.6) is 0 Å². The minimum absolute atomic E-state index is 0.427. The van der Waals surface area contributed by atoms with E-state index in [1.54, 1.807) is 0 Å². The molecule has 0 aliphatic heterocycles. The van der Waals surface area contributed by atoms with E-state index in [1.807, 2.05) is 31.0 Å². The fourth-order valence-corrected chi connectivity index (χ4v) is 3.46. The van der Waals surface area contributed by atoms with Crippen LogP contribution in [0, 0.1) is 0 Å². The van der Waals surface area contributed by atoms with Gasteiger partial charge in [-0.25, -0.2) is 0 Å². The van der Waals surface area contributed by atoms with E-state index in [0.29, 0.717) is 17.8 Å². The molecule has 0 aromatic carbocycles. The van der Waals surface area contributed by atoms with E-state index in [0.717, 1.165) is 18.5 Å². The van der Waals surface area contributed by atoms with Gasteiger partial charge in [0, 0.05) is 36.7 Å². The lowest BCUT2D eigenvalue weighted by Crippen LogP contribution is -2.04. The van der Waals surface area contributed by atoms with Crippen molar-refractivity contribution in [2.24, 2.45) is 0 Å². The second kappa shape index (κ2) is 8.90. The molecule has 0 aliphatic rings. The molecule has 3 rings (SSSR count).